The van der Waals surface area contributed by atoms with Gasteiger partial charge < -0.3 is 15.2 Å². The van der Waals surface area contributed by atoms with Gasteiger partial charge in [-0.15, -0.1) is 0 Å². The molecule has 0 heterocycles. The van der Waals surface area contributed by atoms with E-state index in [4.69, 9.17) is 10.5 Å². The van der Waals surface area contributed by atoms with Gasteiger partial charge in [-0.3, -0.25) is 0 Å². The first-order valence-corrected chi connectivity index (χ1v) is 4.21. The van der Waals surface area contributed by atoms with E-state index in [0.717, 1.165) is 5.56 Å². The number of hydrogen-bond acceptors (Lipinski definition) is 4. The number of benzene rings is 1. The predicted molar refractivity (Wildman–Crippen MR) is 52.5 cm³/mol. The highest BCUT2D eigenvalue weighted by Gasteiger charge is 2.00. The zero-order valence-electron chi connectivity index (χ0n) is 8.03. The van der Waals surface area contributed by atoms with E-state index in [2.05, 4.69) is 4.74 Å². The third-order valence-electron chi connectivity index (χ3n) is 1.67. The Labute approximate surface area is 82.6 Å². The zero-order chi connectivity index (χ0) is 10.4. The van der Waals surface area contributed by atoms with Gasteiger partial charge in [0.25, 0.3) is 0 Å². The van der Waals surface area contributed by atoms with Gasteiger partial charge in [-0.2, -0.15) is 0 Å². The second-order valence-corrected chi connectivity index (χ2v) is 2.81. The second-order valence-electron chi connectivity index (χ2n) is 2.81. The molecule has 0 atom stereocenters. The van der Waals surface area contributed by atoms with Crippen LogP contribution in [0.1, 0.15) is 5.56 Å². The molecule has 0 aliphatic rings. The van der Waals surface area contributed by atoms with Crippen LogP contribution in [0.15, 0.2) is 24.3 Å². The van der Waals surface area contributed by atoms with Crippen LogP contribution in [-0.4, -0.2) is 19.7 Å². The molecule has 0 aliphatic carbocycles. The summed E-state index contributed by atoms with van der Waals surface area (Å²) in [5.41, 5.74) is 7.19. The molecule has 0 spiro atoms. The maximum Gasteiger partial charge on any atom is 0.331 e. The lowest BCUT2D eigenvalue weighted by molar-refractivity contribution is -0.146. The van der Waals surface area contributed by atoms with Gasteiger partial charge >= 0.3 is 5.97 Å². The van der Waals surface area contributed by atoms with Crippen molar-refractivity contribution in [1.29, 1.82) is 0 Å². The molecule has 0 bridgehead atoms. The zero-order valence-corrected chi connectivity index (χ0v) is 8.03. The molecular formula is C10H13NO3. The average Bonchev–Trinajstić information content (AvgIpc) is 2.17. The number of anilines is 1. The van der Waals surface area contributed by atoms with Crippen LogP contribution in [0.2, 0.25) is 0 Å². The number of ether oxygens (including phenoxy) is 2. The first kappa shape index (κ1) is 10.5. The molecule has 0 unspecified atom stereocenters. The van der Waals surface area contributed by atoms with Crippen molar-refractivity contribution in [2.24, 2.45) is 0 Å². The van der Waals surface area contributed by atoms with Gasteiger partial charge in [0.1, 0.15) is 6.61 Å². The lowest BCUT2D eigenvalue weighted by Crippen LogP contribution is -2.09. The highest BCUT2D eigenvalue weighted by molar-refractivity contribution is 5.70. The number of esters is 1. The standard InChI is InChI=1S/C10H13NO3/c1-13-10(12)7-14-6-8-3-2-4-9(11)5-8/h2-5H,6-7,11H2,1H3. The fourth-order valence-corrected chi connectivity index (χ4v) is 0.994. The molecule has 4 heteroatoms. The summed E-state index contributed by atoms with van der Waals surface area (Å²) in [6.45, 7) is 0.325. The largest absolute Gasteiger partial charge is 0.467 e. The molecule has 0 aliphatic heterocycles. The van der Waals surface area contributed by atoms with Crippen LogP contribution >= 0.6 is 0 Å². The van der Waals surface area contributed by atoms with Gasteiger partial charge in [0.05, 0.1) is 13.7 Å². The topological polar surface area (TPSA) is 61.5 Å². The van der Waals surface area contributed by atoms with E-state index in [1.807, 2.05) is 12.1 Å². The summed E-state index contributed by atoms with van der Waals surface area (Å²) in [5, 5.41) is 0. The lowest BCUT2D eigenvalue weighted by atomic mass is 10.2. The van der Waals surface area contributed by atoms with Gasteiger partial charge in [0.15, 0.2) is 0 Å². The third kappa shape index (κ3) is 3.45. The Bertz CT molecular complexity index is 312. The Kier molecular flexibility index (Phi) is 3.94. The van der Waals surface area contributed by atoms with E-state index < -0.39 is 0 Å². The van der Waals surface area contributed by atoms with E-state index in [0.29, 0.717) is 12.3 Å². The molecule has 1 rings (SSSR count). The van der Waals surface area contributed by atoms with E-state index in [-0.39, 0.29) is 12.6 Å². The molecule has 4 nitrogen and oxygen atoms in total. The van der Waals surface area contributed by atoms with Crippen LogP contribution in [0.3, 0.4) is 0 Å². The highest BCUT2D eigenvalue weighted by atomic mass is 16.6. The molecule has 2 N–H and O–H groups in total. The van der Waals surface area contributed by atoms with Gasteiger partial charge in [-0.1, -0.05) is 12.1 Å². The Hall–Kier alpha value is -1.55. The number of nitrogens with two attached hydrogens (primary N) is 1. The Morgan fingerprint density at radius 1 is 1.50 bits per heavy atom. The van der Waals surface area contributed by atoms with Crippen molar-refractivity contribution in [3.8, 4) is 0 Å². The summed E-state index contributed by atoms with van der Waals surface area (Å²) in [6, 6.07) is 7.32. The molecule has 0 saturated carbocycles. The van der Waals surface area contributed by atoms with Gasteiger partial charge in [-0.05, 0) is 17.7 Å². The summed E-state index contributed by atoms with van der Waals surface area (Å²) in [5.74, 6) is -0.381. The Balaban J connectivity index is 2.35. The summed E-state index contributed by atoms with van der Waals surface area (Å²) in [6.07, 6.45) is 0. The first-order chi connectivity index (χ1) is 6.72. The fourth-order valence-electron chi connectivity index (χ4n) is 0.994. The number of carbonyl (C=O) groups excluding carboxylic acids is 1. The first-order valence-electron chi connectivity index (χ1n) is 4.21. The van der Waals surface area contributed by atoms with Crippen LogP contribution in [-0.2, 0) is 20.9 Å². The van der Waals surface area contributed by atoms with Crippen molar-refractivity contribution in [3.63, 3.8) is 0 Å². The number of methoxy groups -OCH3 is 1. The lowest BCUT2D eigenvalue weighted by Gasteiger charge is -2.03. The molecule has 14 heavy (non-hydrogen) atoms. The van der Waals surface area contributed by atoms with Crippen molar-refractivity contribution in [3.05, 3.63) is 29.8 Å². The molecule has 0 fully saturated rings. The van der Waals surface area contributed by atoms with Crippen molar-refractivity contribution in [1.82, 2.24) is 0 Å². The Morgan fingerprint density at radius 2 is 2.29 bits per heavy atom. The maximum absolute atomic E-state index is 10.7. The monoisotopic (exact) mass is 195 g/mol. The van der Waals surface area contributed by atoms with Crippen LogP contribution in [0, 0.1) is 0 Å². The van der Waals surface area contributed by atoms with Gasteiger partial charge in [0, 0.05) is 5.69 Å². The molecule has 0 aromatic heterocycles. The minimum absolute atomic E-state index is 0.0364. The van der Waals surface area contributed by atoms with Crippen LogP contribution in [0.4, 0.5) is 5.69 Å². The SMILES string of the molecule is COC(=O)COCc1cccc(N)c1. The molecule has 1 aromatic rings. The van der Waals surface area contributed by atoms with E-state index >= 15 is 0 Å². The van der Waals surface area contributed by atoms with Crippen LogP contribution in [0.5, 0.6) is 0 Å². The molecule has 0 radical (unpaired) electrons. The maximum atomic E-state index is 10.7. The molecular weight excluding hydrogens is 182 g/mol. The molecule has 76 valence electrons. The number of nitrogen functional groups attached to an aromatic ring is 1. The minimum Gasteiger partial charge on any atom is -0.467 e. The summed E-state index contributed by atoms with van der Waals surface area (Å²) >= 11 is 0. The summed E-state index contributed by atoms with van der Waals surface area (Å²) in [4.78, 5) is 10.7. The number of carbonyl (C=O) groups is 1. The van der Waals surface area contributed by atoms with E-state index in [1.165, 1.54) is 7.11 Å². The molecule has 1 aromatic carbocycles. The smallest absolute Gasteiger partial charge is 0.331 e. The predicted octanol–water partition coefficient (Wildman–Crippen LogP) is 0.958. The quantitative estimate of drug-likeness (QED) is 0.574. The van der Waals surface area contributed by atoms with Crippen LogP contribution in [0.25, 0.3) is 0 Å². The van der Waals surface area contributed by atoms with E-state index in [1.54, 1.807) is 12.1 Å². The Morgan fingerprint density at radius 3 is 2.93 bits per heavy atom. The average molecular weight is 195 g/mol. The third-order valence-corrected chi connectivity index (χ3v) is 1.67. The van der Waals surface area contributed by atoms with Gasteiger partial charge in [0.2, 0.25) is 0 Å². The normalized spacial score (nSPS) is 9.79. The van der Waals surface area contributed by atoms with E-state index in [9.17, 15) is 4.79 Å². The second kappa shape index (κ2) is 5.24. The van der Waals surface area contributed by atoms with Crippen molar-refractivity contribution >= 4 is 11.7 Å². The summed E-state index contributed by atoms with van der Waals surface area (Å²) in [7, 11) is 1.33. The van der Waals surface area contributed by atoms with Crippen molar-refractivity contribution in [2.45, 2.75) is 6.61 Å². The number of rotatable bonds is 4. The van der Waals surface area contributed by atoms with Crippen molar-refractivity contribution < 1.29 is 14.3 Å². The minimum atomic E-state index is -0.381. The number of hydrogen-bond donors (Lipinski definition) is 1. The van der Waals surface area contributed by atoms with Gasteiger partial charge in [-0.25, -0.2) is 4.79 Å². The summed E-state index contributed by atoms with van der Waals surface area (Å²) < 4.78 is 9.52. The highest BCUT2D eigenvalue weighted by Crippen LogP contribution is 2.07. The van der Waals surface area contributed by atoms with Crippen molar-refractivity contribution in [2.75, 3.05) is 19.5 Å². The molecule has 0 saturated heterocycles. The molecule has 0 amide bonds. The fraction of sp³-hybridized carbons (Fsp3) is 0.300. The van der Waals surface area contributed by atoms with Crippen LogP contribution < -0.4 is 5.73 Å².